The molecule has 4 nitrogen and oxygen atoms in total. The van der Waals surface area contributed by atoms with E-state index in [0.717, 1.165) is 31.7 Å². The maximum Gasteiger partial charge on any atom is 0.100 e. The summed E-state index contributed by atoms with van der Waals surface area (Å²) in [7, 11) is 2.13. The zero-order valence-electron chi connectivity index (χ0n) is 9.69. The summed E-state index contributed by atoms with van der Waals surface area (Å²) in [6.45, 7) is 4.04. The highest BCUT2D eigenvalue weighted by atomic mass is 15.3. The van der Waals surface area contributed by atoms with Crippen LogP contribution in [0.5, 0.6) is 0 Å². The average Bonchev–Trinajstić information content (AvgIpc) is 2.31. The molecule has 0 amide bonds. The van der Waals surface area contributed by atoms with Crippen LogP contribution in [0.25, 0.3) is 0 Å². The smallest absolute Gasteiger partial charge is 0.100 e. The molecule has 0 aliphatic carbocycles. The zero-order chi connectivity index (χ0) is 11.4. The molecule has 1 saturated heterocycles. The molecule has 86 valence electrons. The Bertz CT molecular complexity index is 341. The van der Waals surface area contributed by atoms with E-state index in [2.05, 4.69) is 21.8 Å². The molecule has 1 aromatic rings. The van der Waals surface area contributed by atoms with E-state index in [1.807, 2.05) is 18.3 Å². The van der Waals surface area contributed by atoms with Gasteiger partial charge in [0, 0.05) is 45.0 Å². The van der Waals surface area contributed by atoms with Gasteiger partial charge in [0.05, 0.1) is 0 Å². The van der Waals surface area contributed by atoms with Crippen molar-refractivity contribution in [1.82, 2.24) is 14.8 Å². The predicted octanol–water partition coefficient (Wildman–Crippen LogP) is 0.849. The minimum atomic E-state index is 0.692. The molecule has 1 aliphatic heterocycles. The van der Waals surface area contributed by atoms with Crippen molar-refractivity contribution in [3.05, 3.63) is 30.1 Å². The summed E-state index contributed by atoms with van der Waals surface area (Å²) in [4.78, 5) is 8.53. The van der Waals surface area contributed by atoms with Gasteiger partial charge in [0.2, 0.25) is 0 Å². The molecule has 0 spiro atoms. The van der Waals surface area contributed by atoms with Gasteiger partial charge in [-0.2, -0.15) is 0 Å². The minimum absolute atomic E-state index is 0.692. The van der Waals surface area contributed by atoms with E-state index in [1.165, 1.54) is 0 Å². The summed E-state index contributed by atoms with van der Waals surface area (Å²) < 4.78 is 0. The Morgan fingerprint density at radius 1 is 1.38 bits per heavy atom. The number of aromatic nitrogens is 1. The monoisotopic (exact) mass is 218 g/mol. The van der Waals surface area contributed by atoms with Crippen LogP contribution in [-0.2, 0) is 6.42 Å². The van der Waals surface area contributed by atoms with Crippen LogP contribution in [0, 0.1) is 5.41 Å². The van der Waals surface area contributed by atoms with Gasteiger partial charge >= 0.3 is 0 Å². The normalized spacial score (nSPS) is 17.4. The number of likely N-dealkylation sites (N-methyl/N-ethyl adjacent to an activating group) is 1. The molecule has 16 heavy (non-hydrogen) atoms. The SMILES string of the molecule is CN1CCN(C(=N)Cc2cccnc2)CC1. The van der Waals surface area contributed by atoms with Gasteiger partial charge < -0.3 is 9.80 Å². The van der Waals surface area contributed by atoms with E-state index in [0.29, 0.717) is 12.3 Å². The first kappa shape index (κ1) is 11.1. The average molecular weight is 218 g/mol. The topological polar surface area (TPSA) is 43.2 Å². The molecule has 0 aromatic carbocycles. The molecule has 0 bridgehead atoms. The first-order valence-corrected chi connectivity index (χ1v) is 5.65. The highest BCUT2D eigenvalue weighted by Crippen LogP contribution is 2.05. The van der Waals surface area contributed by atoms with Gasteiger partial charge in [-0.15, -0.1) is 0 Å². The molecule has 2 rings (SSSR count). The highest BCUT2D eigenvalue weighted by Gasteiger charge is 2.16. The third-order valence-corrected chi connectivity index (χ3v) is 2.98. The summed E-state index contributed by atoms with van der Waals surface area (Å²) >= 11 is 0. The Labute approximate surface area is 96.4 Å². The number of pyridine rings is 1. The fourth-order valence-electron chi connectivity index (χ4n) is 1.88. The summed E-state index contributed by atoms with van der Waals surface area (Å²) in [6.07, 6.45) is 4.30. The Balaban J connectivity index is 1.89. The van der Waals surface area contributed by atoms with E-state index in [-0.39, 0.29) is 0 Å². The minimum Gasteiger partial charge on any atom is -0.358 e. The second kappa shape index (κ2) is 5.07. The number of nitrogens with one attached hydrogen (secondary N) is 1. The Morgan fingerprint density at radius 2 is 2.12 bits per heavy atom. The van der Waals surface area contributed by atoms with Crippen molar-refractivity contribution in [2.24, 2.45) is 0 Å². The number of hydrogen-bond donors (Lipinski definition) is 1. The van der Waals surface area contributed by atoms with Crippen LogP contribution in [0.2, 0.25) is 0 Å². The maximum absolute atomic E-state index is 8.07. The van der Waals surface area contributed by atoms with E-state index >= 15 is 0 Å². The third-order valence-electron chi connectivity index (χ3n) is 2.98. The van der Waals surface area contributed by atoms with Gasteiger partial charge in [0.1, 0.15) is 5.84 Å². The predicted molar refractivity (Wildman–Crippen MR) is 64.7 cm³/mol. The first-order valence-electron chi connectivity index (χ1n) is 5.65. The Kier molecular flexibility index (Phi) is 3.51. The lowest BCUT2D eigenvalue weighted by atomic mass is 10.2. The van der Waals surface area contributed by atoms with Crippen molar-refractivity contribution in [2.45, 2.75) is 6.42 Å². The van der Waals surface area contributed by atoms with E-state index in [9.17, 15) is 0 Å². The summed E-state index contributed by atoms with van der Waals surface area (Å²) in [5.74, 6) is 0.709. The lowest BCUT2D eigenvalue weighted by Gasteiger charge is -2.34. The number of hydrogen-bond acceptors (Lipinski definition) is 3. The van der Waals surface area contributed by atoms with E-state index in [1.54, 1.807) is 6.20 Å². The van der Waals surface area contributed by atoms with Gasteiger partial charge in [0.25, 0.3) is 0 Å². The molecule has 1 aliphatic rings. The van der Waals surface area contributed by atoms with E-state index in [4.69, 9.17) is 5.41 Å². The molecule has 1 fully saturated rings. The Hall–Kier alpha value is -1.42. The molecule has 0 radical (unpaired) electrons. The van der Waals surface area contributed by atoms with Crippen molar-refractivity contribution in [2.75, 3.05) is 33.2 Å². The molecule has 1 aromatic heterocycles. The van der Waals surface area contributed by atoms with Crippen LogP contribution >= 0.6 is 0 Å². The van der Waals surface area contributed by atoms with Gasteiger partial charge in [-0.3, -0.25) is 10.4 Å². The highest BCUT2D eigenvalue weighted by molar-refractivity contribution is 5.81. The summed E-state index contributed by atoms with van der Waals surface area (Å²) in [6, 6.07) is 3.95. The molecular formula is C12H18N4. The standard InChI is InChI=1S/C12H18N4/c1-15-5-7-16(8-6-15)12(13)9-11-3-2-4-14-10-11/h2-4,10,13H,5-9H2,1H3. The lowest BCUT2D eigenvalue weighted by molar-refractivity contribution is 0.213. The first-order chi connectivity index (χ1) is 7.75. The number of piperazine rings is 1. The van der Waals surface area contributed by atoms with E-state index < -0.39 is 0 Å². The third kappa shape index (κ3) is 2.79. The van der Waals surface area contributed by atoms with Gasteiger partial charge in [-0.05, 0) is 18.7 Å². The van der Waals surface area contributed by atoms with Crippen LogP contribution in [0.15, 0.2) is 24.5 Å². The molecule has 1 N–H and O–H groups in total. The molecular weight excluding hydrogens is 200 g/mol. The van der Waals surface area contributed by atoms with Crippen molar-refractivity contribution >= 4 is 5.84 Å². The number of amidine groups is 1. The number of rotatable bonds is 2. The summed E-state index contributed by atoms with van der Waals surface area (Å²) in [5, 5.41) is 8.07. The van der Waals surface area contributed by atoms with Crippen LogP contribution in [0.4, 0.5) is 0 Å². The molecule has 0 atom stereocenters. The largest absolute Gasteiger partial charge is 0.358 e. The van der Waals surface area contributed by atoms with Crippen molar-refractivity contribution in [3.63, 3.8) is 0 Å². The van der Waals surface area contributed by atoms with Crippen molar-refractivity contribution in [3.8, 4) is 0 Å². The van der Waals surface area contributed by atoms with Gasteiger partial charge in [0.15, 0.2) is 0 Å². The van der Waals surface area contributed by atoms with Gasteiger partial charge in [-0.1, -0.05) is 6.07 Å². The second-order valence-electron chi connectivity index (χ2n) is 4.28. The fourth-order valence-corrected chi connectivity index (χ4v) is 1.88. The van der Waals surface area contributed by atoms with Crippen LogP contribution < -0.4 is 0 Å². The summed E-state index contributed by atoms with van der Waals surface area (Å²) in [5.41, 5.74) is 1.12. The molecule has 2 heterocycles. The quantitative estimate of drug-likeness (QED) is 0.591. The Morgan fingerprint density at radius 3 is 2.75 bits per heavy atom. The van der Waals surface area contributed by atoms with Crippen molar-refractivity contribution in [1.29, 1.82) is 5.41 Å². The van der Waals surface area contributed by atoms with Crippen LogP contribution in [0.1, 0.15) is 5.56 Å². The maximum atomic E-state index is 8.07. The van der Waals surface area contributed by atoms with Gasteiger partial charge in [-0.25, -0.2) is 0 Å². The zero-order valence-corrected chi connectivity index (χ0v) is 9.69. The van der Waals surface area contributed by atoms with Crippen molar-refractivity contribution < 1.29 is 0 Å². The molecule has 4 heteroatoms. The van der Waals surface area contributed by atoms with Crippen LogP contribution in [0.3, 0.4) is 0 Å². The molecule has 0 unspecified atom stereocenters. The van der Waals surface area contributed by atoms with Crippen LogP contribution in [-0.4, -0.2) is 53.8 Å². The lowest BCUT2D eigenvalue weighted by Crippen LogP contribution is -2.47. The second-order valence-corrected chi connectivity index (χ2v) is 4.28. The number of nitrogens with zero attached hydrogens (tertiary/aromatic N) is 3. The molecule has 0 saturated carbocycles. The fraction of sp³-hybridized carbons (Fsp3) is 0.500.